The molecule has 0 aliphatic rings. The Morgan fingerprint density at radius 2 is 1.86 bits per heavy atom. The van der Waals surface area contributed by atoms with Gasteiger partial charge in [-0.1, -0.05) is 34.9 Å². The van der Waals surface area contributed by atoms with Crippen LogP contribution < -0.4 is 10.6 Å². The molecule has 0 radical (unpaired) electrons. The molecule has 0 saturated heterocycles. The Bertz CT molecular complexity index is 729. The molecule has 0 spiro atoms. The molecule has 2 heterocycles. The van der Waals surface area contributed by atoms with Gasteiger partial charge >= 0.3 is 0 Å². The van der Waals surface area contributed by atoms with Crippen LogP contribution in [0.4, 0.5) is 11.6 Å². The zero-order valence-corrected chi connectivity index (χ0v) is 12.4. The maximum absolute atomic E-state index is 6.03. The van der Waals surface area contributed by atoms with Crippen molar-refractivity contribution in [3.8, 4) is 5.69 Å². The maximum Gasteiger partial charge on any atom is 0.247 e. The van der Waals surface area contributed by atoms with E-state index in [9.17, 15) is 0 Å². The number of benzene rings is 1. The van der Waals surface area contributed by atoms with E-state index < -0.39 is 0 Å². The van der Waals surface area contributed by atoms with Gasteiger partial charge in [0.15, 0.2) is 0 Å². The van der Waals surface area contributed by atoms with Gasteiger partial charge in [0, 0.05) is 25.5 Å². The number of tetrazole rings is 1. The lowest BCUT2D eigenvalue weighted by atomic mass is 10.3. The molecule has 22 heavy (non-hydrogen) atoms. The Balaban J connectivity index is 1.57. The first-order valence-corrected chi connectivity index (χ1v) is 7.13. The van der Waals surface area contributed by atoms with E-state index in [1.165, 1.54) is 0 Å². The molecule has 0 atom stereocenters. The van der Waals surface area contributed by atoms with Crippen LogP contribution in [0.1, 0.15) is 0 Å². The van der Waals surface area contributed by atoms with Gasteiger partial charge in [-0.15, -0.1) is 0 Å². The first-order valence-electron chi connectivity index (χ1n) is 6.75. The Morgan fingerprint density at radius 3 is 2.68 bits per heavy atom. The Morgan fingerprint density at radius 1 is 1.05 bits per heavy atom. The quantitative estimate of drug-likeness (QED) is 0.679. The second kappa shape index (κ2) is 6.86. The number of nitrogens with one attached hydrogen (secondary N) is 2. The van der Waals surface area contributed by atoms with E-state index in [1.807, 2.05) is 36.4 Å². The molecule has 0 aliphatic heterocycles. The van der Waals surface area contributed by atoms with Gasteiger partial charge in [0.05, 0.1) is 16.4 Å². The molecular weight excluding hydrogens is 302 g/mol. The van der Waals surface area contributed by atoms with Crippen LogP contribution in [0.5, 0.6) is 0 Å². The fourth-order valence-electron chi connectivity index (χ4n) is 1.93. The molecule has 7 nitrogen and oxygen atoms in total. The second-order valence-electron chi connectivity index (χ2n) is 4.46. The van der Waals surface area contributed by atoms with Crippen LogP contribution in [-0.4, -0.2) is 38.3 Å². The third-order valence-corrected chi connectivity index (χ3v) is 3.27. The largest absolute Gasteiger partial charge is 0.382 e. The van der Waals surface area contributed by atoms with Crippen molar-refractivity contribution in [2.75, 3.05) is 23.7 Å². The van der Waals surface area contributed by atoms with Crippen LogP contribution in [0.2, 0.25) is 5.02 Å². The standard InChI is InChI=1S/C14H14ClN7/c15-12-10-16-7-6-13(12)17-8-9-18-14-19-20-21-22(14)11-4-2-1-3-5-11/h1-7,10H,8-9H2,(H,16,17)(H,18,19,21). The van der Waals surface area contributed by atoms with E-state index >= 15 is 0 Å². The van der Waals surface area contributed by atoms with Crippen molar-refractivity contribution < 1.29 is 0 Å². The summed E-state index contributed by atoms with van der Waals surface area (Å²) in [6.45, 7) is 1.32. The highest BCUT2D eigenvalue weighted by Gasteiger charge is 2.06. The highest BCUT2D eigenvalue weighted by Crippen LogP contribution is 2.18. The second-order valence-corrected chi connectivity index (χ2v) is 4.87. The normalized spacial score (nSPS) is 10.4. The first kappa shape index (κ1) is 14.3. The van der Waals surface area contributed by atoms with Gasteiger partial charge in [-0.25, -0.2) is 0 Å². The Hall–Kier alpha value is -2.67. The molecule has 0 fully saturated rings. The molecule has 1 aromatic carbocycles. The number of hydrogen-bond donors (Lipinski definition) is 2. The molecule has 112 valence electrons. The third kappa shape index (κ3) is 3.32. The summed E-state index contributed by atoms with van der Waals surface area (Å²) in [7, 11) is 0. The third-order valence-electron chi connectivity index (χ3n) is 2.97. The van der Waals surface area contributed by atoms with E-state index in [2.05, 4.69) is 31.1 Å². The molecule has 0 saturated carbocycles. The smallest absolute Gasteiger partial charge is 0.247 e. The average Bonchev–Trinajstić information content (AvgIpc) is 3.02. The van der Waals surface area contributed by atoms with Crippen molar-refractivity contribution in [3.63, 3.8) is 0 Å². The lowest BCUT2D eigenvalue weighted by molar-refractivity contribution is 0.789. The zero-order chi connectivity index (χ0) is 15.2. The van der Waals surface area contributed by atoms with Gasteiger partial charge in [0.2, 0.25) is 5.95 Å². The lowest BCUT2D eigenvalue weighted by Crippen LogP contribution is -2.16. The van der Waals surface area contributed by atoms with Crippen molar-refractivity contribution in [1.82, 2.24) is 25.2 Å². The minimum atomic E-state index is 0.592. The summed E-state index contributed by atoms with van der Waals surface area (Å²) in [6, 6.07) is 11.5. The summed E-state index contributed by atoms with van der Waals surface area (Å²) >= 11 is 6.03. The number of pyridine rings is 1. The van der Waals surface area contributed by atoms with Crippen molar-refractivity contribution in [1.29, 1.82) is 0 Å². The summed E-state index contributed by atoms with van der Waals surface area (Å²) in [6.07, 6.45) is 3.30. The van der Waals surface area contributed by atoms with Gasteiger partial charge in [-0.3, -0.25) is 4.98 Å². The molecular formula is C14H14ClN7. The van der Waals surface area contributed by atoms with Crippen LogP contribution in [0.25, 0.3) is 5.69 Å². The SMILES string of the molecule is Clc1cnccc1NCCNc1nnnn1-c1ccccc1. The highest BCUT2D eigenvalue weighted by atomic mass is 35.5. The van der Waals surface area contributed by atoms with E-state index in [1.54, 1.807) is 17.1 Å². The zero-order valence-electron chi connectivity index (χ0n) is 11.6. The number of nitrogens with zero attached hydrogens (tertiary/aromatic N) is 5. The highest BCUT2D eigenvalue weighted by molar-refractivity contribution is 6.33. The molecule has 0 aliphatic carbocycles. The fraction of sp³-hybridized carbons (Fsp3) is 0.143. The average molecular weight is 316 g/mol. The van der Waals surface area contributed by atoms with Gasteiger partial charge in [-0.05, 0) is 28.6 Å². The van der Waals surface area contributed by atoms with Crippen LogP contribution in [-0.2, 0) is 0 Å². The van der Waals surface area contributed by atoms with Crippen molar-refractivity contribution in [2.45, 2.75) is 0 Å². The van der Waals surface area contributed by atoms with Crippen LogP contribution >= 0.6 is 11.6 Å². The van der Waals surface area contributed by atoms with E-state index in [-0.39, 0.29) is 0 Å². The fourth-order valence-corrected chi connectivity index (χ4v) is 2.12. The predicted octanol–water partition coefficient (Wildman–Crippen LogP) is 2.23. The number of para-hydroxylation sites is 1. The van der Waals surface area contributed by atoms with E-state index in [4.69, 9.17) is 11.6 Å². The maximum atomic E-state index is 6.03. The van der Waals surface area contributed by atoms with Crippen LogP contribution in [0.15, 0.2) is 48.8 Å². The Labute approximate surface area is 132 Å². The molecule has 0 amide bonds. The monoisotopic (exact) mass is 315 g/mol. The summed E-state index contributed by atoms with van der Waals surface area (Å²) in [5, 5.41) is 18.7. The summed E-state index contributed by atoms with van der Waals surface area (Å²) in [5.41, 5.74) is 1.75. The molecule has 0 unspecified atom stereocenters. The van der Waals surface area contributed by atoms with Crippen LogP contribution in [0, 0.1) is 0 Å². The molecule has 3 aromatic rings. The topological polar surface area (TPSA) is 80.6 Å². The number of hydrogen-bond acceptors (Lipinski definition) is 6. The molecule has 2 N–H and O–H groups in total. The Kier molecular flexibility index (Phi) is 4.45. The van der Waals surface area contributed by atoms with Crippen molar-refractivity contribution in [2.24, 2.45) is 0 Å². The number of aromatic nitrogens is 5. The molecule has 2 aromatic heterocycles. The molecule has 8 heteroatoms. The predicted molar refractivity (Wildman–Crippen MR) is 85.4 cm³/mol. The minimum Gasteiger partial charge on any atom is -0.382 e. The van der Waals surface area contributed by atoms with Gasteiger partial charge in [0.1, 0.15) is 0 Å². The van der Waals surface area contributed by atoms with Crippen LogP contribution in [0.3, 0.4) is 0 Å². The van der Waals surface area contributed by atoms with E-state index in [0.29, 0.717) is 24.1 Å². The van der Waals surface area contributed by atoms with Gasteiger partial charge < -0.3 is 10.6 Å². The number of anilines is 2. The van der Waals surface area contributed by atoms with Gasteiger partial charge in [0.25, 0.3) is 0 Å². The summed E-state index contributed by atoms with van der Waals surface area (Å²) < 4.78 is 1.65. The lowest BCUT2D eigenvalue weighted by Gasteiger charge is -2.09. The molecule has 0 bridgehead atoms. The van der Waals surface area contributed by atoms with Crippen molar-refractivity contribution >= 4 is 23.2 Å². The number of halogens is 1. The summed E-state index contributed by atoms with van der Waals surface area (Å²) in [4.78, 5) is 3.94. The van der Waals surface area contributed by atoms with E-state index in [0.717, 1.165) is 11.4 Å². The van der Waals surface area contributed by atoms with Gasteiger partial charge in [-0.2, -0.15) is 4.68 Å². The van der Waals surface area contributed by atoms with Crippen molar-refractivity contribution in [3.05, 3.63) is 53.8 Å². The summed E-state index contributed by atoms with van der Waals surface area (Å²) in [5.74, 6) is 0.592. The first-order chi connectivity index (χ1) is 10.8. The minimum absolute atomic E-state index is 0.592. The number of rotatable bonds is 6. The molecule has 3 rings (SSSR count).